The Hall–Kier alpha value is -4.26. The van der Waals surface area contributed by atoms with E-state index in [4.69, 9.17) is 4.98 Å². The highest BCUT2D eigenvalue weighted by Crippen LogP contribution is 2.26. The van der Waals surface area contributed by atoms with Gasteiger partial charge in [-0.05, 0) is 6.07 Å². The number of carbonyl (C=O) groups excluding carboxylic acids is 1. The van der Waals surface area contributed by atoms with Gasteiger partial charge in [-0.3, -0.25) is 4.79 Å². The van der Waals surface area contributed by atoms with Crippen molar-refractivity contribution in [2.75, 3.05) is 6.54 Å². The summed E-state index contributed by atoms with van der Waals surface area (Å²) < 4.78 is 3.64. The fraction of sp³-hybridized carbons (Fsp3) is 0.0833. The molecule has 5 rings (SSSR count). The minimum atomic E-state index is -0.231. The van der Waals surface area contributed by atoms with Crippen molar-refractivity contribution < 1.29 is 4.79 Å². The highest BCUT2D eigenvalue weighted by Gasteiger charge is 2.16. The minimum absolute atomic E-state index is 0.231. The quantitative estimate of drug-likeness (QED) is 0.465. The van der Waals surface area contributed by atoms with E-state index in [1.165, 1.54) is 0 Å². The van der Waals surface area contributed by atoms with Crippen molar-refractivity contribution in [1.29, 1.82) is 0 Å². The van der Waals surface area contributed by atoms with E-state index in [0.29, 0.717) is 24.4 Å². The second-order valence-corrected chi connectivity index (χ2v) is 7.11. The van der Waals surface area contributed by atoms with Gasteiger partial charge in [0.15, 0.2) is 11.3 Å². The molecule has 0 atom stereocenters. The lowest BCUT2D eigenvalue weighted by atomic mass is 10.1. The topological polar surface area (TPSA) is 77.1 Å². The molecule has 1 N–H and O–H groups in total. The Labute approximate surface area is 179 Å². The average Bonchev–Trinajstić information content (AvgIpc) is 3.49. The van der Waals surface area contributed by atoms with Gasteiger partial charge in [-0.25, -0.2) is 14.5 Å². The van der Waals surface area contributed by atoms with E-state index < -0.39 is 0 Å². The summed E-state index contributed by atoms with van der Waals surface area (Å²) in [6, 6.07) is 23.7. The Bertz CT molecular complexity index is 1310. The van der Waals surface area contributed by atoms with E-state index in [1.807, 2.05) is 77.5 Å². The van der Waals surface area contributed by atoms with Gasteiger partial charge in [0.1, 0.15) is 0 Å². The Morgan fingerprint density at radius 2 is 1.68 bits per heavy atom. The summed E-state index contributed by atoms with van der Waals surface area (Å²) in [5, 5.41) is 7.47. The number of fused-ring (bicyclic) bond motifs is 1. The molecule has 0 saturated heterocycles. The molecule has 0 bridgehead atoms. The van der Waals surface area contributed by atoms with E-state index in [-0.39, 0.29) is 5.91 Å². The highest BCUT2D eigenvalue weighted by atomic mass is 16.1. The number of nitrogens with zero attached hydrogens (tertiary/aromatic N) is 5. The van der Waals surface area contributed by atoms with Gasteiger partial charge in [-0.2, -0.15) is 5.10 Å². The Morgan fingerprint density at radius 1 is 0.935 bits per heavy atom. The second-order valence-electron chi connectivity index (χ2n) is 7.11. The van der Waals surface area contributed by atoms with E-state index >= 15 is 0 Å². The van der Waals surface area contributed by atoms with E-state index in [9.17, 15) is 4.79 Å². The zero-order valence-corrected chi connectivity index (χ0v) is 16.7. The molecular weight excluding hydrogens is 388 g/mol. The third-order valence-corrected chi connectivity index (χ3v) is 5.01. The molecule has 0 aliphatic heterocycles. The van der Waals surface area contributed by atoms with Crippen LogP contribution in [0.1, 0.15) is 10.5 Å². The first kappa shape index (κ1) is 18.7. The molecule has 0 spiro atoms. The Balaban J connectivity index is 1.51. The lowest BCUT2D eigenvalue weighted by Crippen LogP contribution is -2.27. The number of hydrogen-bond donors (Lipinski definition) is 1. The Morgan fingerprint density at radius 3 is 2.39 bits per heavy atom. The molecule has 1 amide bonds. The second kappa shape index (κ2) is 8.23. The molecule has 0 aliphatic rings. The molecule has 31 heavy (non-hydrogen) atoms. The highest BCUT2D eigenvalue weighted by molar-refractivity contribution is 5.93. The largest absolute Gasteiger partial charge is 0.349 e. The maximum absolute atomic E-state index is 12.7. The maximum atomic E-state index is 12.7. The molecule has 2 aromatic carbocycles. The molecule has 0 aliphatic carbocycles. The molecule has 7 nitrogen and oxygen atoms in total. The summed E-state index contributed by atoms with van der Waals surface area (Å²) in [7, 11) is 0. The molecule has 0 unspecified atom stereocenters. The SMILES string of the molecule is O=C(NCCn1ccnc1)c1cc2nc(-c3ccccc3)cc(-c3ccccc3)n2n1. The first-order chi connectivity index (χ1) is 15.3. The fourth-order valence-electron chi connectivity index (χ4n) is 3.46. The summed E-state index contributed by atoms with van der Waals surface area (Å²) in [4.78, 5) is 21.5. The average molecular weight is 408 g/mol. The van der Waals surface area contributed by atoms with Crippen molar-refractivity contribution in [1.82, 2.24) is 29.5 Å². The number of hydrogen-bond acceptors (Lipinski definition) is 4. The first-order valence-electron chi connectivity index (χ1n) is 10.0. The van der Waals surface area contributed by atoms with Gasteiger partial charge in [0, 0.05) is 42.7 Å². The minimum Gasteiger partial charge on any atom is -0.349 e. The lowest BCUT2D eigenvalue weighted by molar-refractivity contribution is 0.0947. The zero-order valence-electron chi connectivity index (χ0n) is 16.7. The third-order valence-electron chi connectivity index (χ3n) is 5.01. The van der Waals surface area contributed by atoms with Gasteiger partial charge < -0.3 is 9.88 Å². The normalized spacial score (nSPS) is 11.0. The molecule has 3 heterocycles. The van der Waals surface area contributed by atoms with E-state index in [0.717, 1.165) is 22.5 Å². The summed E-state index contributed by atoms with van der Waals surface area (Å²) in [5.41, 5.74) is 4.68. The summed E-state index contributed by atoms with van der Waals surface area (Å²) in [6.07, 6.45) is 5.29. The molecule has 5 aromatic rings. The maximum Gasteiger partial charge on any atom is 0.271 e. The predicted octanol–water partition coefficient (Wildman–Crippen LogP) is 3.69. The summed E-state index contributed by atoms with van der Waals surface area (Å²) in [5.74, 6) is -0.231. The van der Waals surface area contributed by atoms with Crippen molar-refractivity contribution in [2.24, 2.45) is 0 Å². The molecule has 0 fully saturated rings. The van der Waals surface area contributed by atoms with Gasteiger partial charge in [0.2, 0.25) is 0 Å². The molecule has 0 saturated carbocycles. The van der Waals surface area contributed by atoms with Crippen LogP contribution in [0.15, 0.2) is 91.5 Å². The Kier molecular flexibility index (Phi) is 4.98. The molecular formula is C24H20N6O. The lowest BCUT2D eigenvalue weighted by Gasteiger charge is -2.08. The van der Waals surface area contributed by atoms with Gasteiger partial charge >= 0.3 is 0 Å². The van der Waals surface area contributed by atoms with Crippen LogP contribution in [-0.4, -0.2) is 36.6 Å². The van der Waals surface area contributed by atoms with Crippen molar-refractivity contribution in [3.63, 3.8) is 0 Å². The van der Waals surface area contributed by atoms with Crippen molar-refractivity contribution in [3.05, 3.63) is 97.2 Å². The number of nitrogens with one attached hydrogen (secondary N) is 1. The standard InChI is InChI=1S/C24H20N6O/c31-24(26-12-14-29-13-11-25-17-29)21-16-23-27-20(18-7-3-1-4-8-18)15-22(30(23)28-21)19-9-5-2-6-10-19/h1-11,13,15-17H,12,14H2,(H,26,31). The number of carbonyl (C=O) groups is 1. The molecule has 0 radical (unpaired) electrons. The summed E-state index contributed by atoms with van der Waals surface area (Å²) >= 11 is 0. The number of benzene rings is 2. The van der Waals surface area contributed by atoms with Crippen LogP contribution in [0.3, 0.4) is 0 Å². The van der Waals surface area contributed by atoms with Gasteiger partial charge in [0.05, 0.1) is 17.7 Å². The third kappa shape index (κ3) is 3.93. The number of aromatic nitrogens is 5. The van der Waals surface area contributed by atoms with Gasteiger partial charge in [-0.1, -0.05) is 60.7 Å². The monoisotopic (exact) mass is 408 g/mol. The van der Waals surface area contributed by atoms with Crippen molar-refractivity contribution in [2.45, 2.75) is 6.54 Å². The number of amides is 1. The van der Waals surface area contributed by atoms with Crippen LogP contribution < -0.4 is 5.32 Å². The van der Waals surface area contributed by atoms with Crippen LogP contribution in [0.25, 0.3) is 28.2 Å². The fourth-order valence-corrected chi connectivity index (χ4v) is 3.46. The number of imidazole rings is 1. The molecule has 3 aromatic heterocycles. The number of rotatable bonds is 6. The van der Waals surface area contributed by atoms with Crippen molar-refractivity contribution >= 4 is 11.6 Å². The van der Waals surface area contributed by atoms with Gasteiger partial charge in [0.25, 0.3) is 5.91 Å². The van der Waals surface area contributed by atoms with Crippen LogP contribution in [0.4, 0.5) is 0 Å². The zero-order chi connectivity index (χ0) is 21.0. The van der Waals surface area contributed by atoms with Crippen LogP contribution >= 0.6 is 0 Å². The predicted molar refractivity (Wildman–Crippen MR) is 118 cm³/mol. The van der Waals surface area contributed by atoms with Crippen LogP contribution in [0, 0.1) is 0 Å². The van der Waals surface area contributed by atoms with Crippen LogP contribution in [0.5, 0.6) is 0 Å². The van der Waals surface area contributed by atoms with E-state index in [2.05, 4.69) is 15.4 Å². The molecule has 152 valence electrons. The first-order valence-corrected chi connectivity index (χ1v) is 10.0. The van der Waals surface area contributed by atoms with Crippen LogP contribution in [0.2, 0.25) is 0 Å². The van der Waals surface area contributed by atoms with Gasteiger partial charge in [-0.15, -0.1) is 0 Å². The molecule has 7 heteroatoms. The summed E-state index contributed by atoms with van der Waals surface area (Å²) in [6.45, 7) is 1.13. The van der Waals surface area contributed by atoms with Crippen LogP contribution in [-0.2, 0) is 6.54 Å². The smallest absolute Gasteiger partial charge is 0.271 e. The van der Waals surface area contributed by atoms with Crippen molar-refractivity contribution in [3.8, 4) is 22.5 Å². The van der Waals surface area contributed by atoms with E-state index in [1.54, 1.807) is 23.1 Å².